The van der Waals surface area contributed by atoms with Crippen LogP contribution in [0.5, 0.6) is 0 Å². The molecule has 0 fully saturated rings. The molecule has 1 unspecified atom stereocenters. The second kappa shape index (κ2) is 5.28. The summed E-state index contributed by atoms with van der Waals surface area (Å²) in [6.45, 7) is 2.89. The Morgan fingerprint density at radius 3 is 3.05 bits per heavy atom. The molecule has 0 aliphatic heterocycles. The molecule has 0 radical (unpaired) electrons. The molecule has 4 nitrogen and oxygen atoms in total. The van der Waals surface area contributed by atoms with Crippen molar-refractivity contribution >= 4 is 34.1 Å². The summed E-state index contributed by atoms with van der Waals surface area (Å²) < 4.78 is 9.80. The third-order valence-corrected chi connectivity index (χ3v) is 3.82. The number of halogens is 1. The lowest BCUT2D eigenvalue weighted by molar-refractivity contribution is 0.480. The van der Waals surface area contributed by atoms with Crippen LogP contribution < -0.4 is 5.32 Å². The summed E-state index contributed by atoms with van der Waals surface area (Å²) in [7, 11) is 0. The molecule has 0 aliphatic carbocycles. The number of nitrogens with zero attached hydrogens (tertiary/aromatic N) is 2. The fraction of sp³-hybridized carbons (Fsp3) is 0.231. The van der Waals surface area contributed by atoms with Crippen LogP contribution in [0.4, 0.5) is 0 Å². The number of hydrogen-bond acceptors (Lipinski definition) is 5. The highest BCUT2D eigenvalue weighted by atomic mass is 35.5. The third-order valence-electron chi connectivity index (χ3n) is 2.85. The van der Waals surface area contributed by atoms with Crippen LogP contribution in [0.1, 0.15) is 23.6 Å². The van der Waals surface area contributed by atoms with Crippen molar-refractivity contribution in [3.05, 3.63) is 46.1 Å². The zero-order valence-corrected chi connectivity index (χ0v) is 11.8. The van der Waals surface area contributed by atoms with E-state index in [-0.39, 0.29) is 6.04 Å². The van der Waals surface area contributed by atoms with E-state index in [4.69, 9.17) is 16.0 Å². The molecule has 2 aromatic heterocycles. The van der Waals surface area contributed by atoms with Crippen molar-refractivity contribution < 1.29 is 4.42 Å². The largest absolute Gasteiger partial charge is 0.459 e. The predicted octanol–water partition coefficient (Wildman–Crippen LogP) is 3.64. The summed E-state index contributed by atoms with van der Waals surface area (Å²) in [4.78, 5) is 1.03. The van der Waals surface area contributed by atoms with Crippen molar-refractivity contribution in [1.29, 1.82) is 0 Å². The van der Waals surface area contributed by atoms with Crippen LogP contribution in [0.2, 0.25) is 5.02 Å². The Kier molecular flexibility index (Phi) is 3.50. The van der Waals surface area contributed by atoms with Crippen LogP contribution in [0, 0.1) is 0 Å². The lowest BCUT2D eigenvalue weighted by Gasteiger charge is -2.11. The number of benzene rings is 1. The number of aromatic nitrogens is 2. The van der Waals surface area contributed by atoms with Gasteiger partial charge in [0.25, 0.3) is 0 Å². The molecule has 1 aromatic carbocycles. The minimum atomic E-state index is -0.0174. The molecule has 3 aromatic rings. The van der Waals surface area contributed by atoms with Gasteiger partial charge in [0.15, 0.2) is 0 Å². The van der Waals surface area contributed by atoms with Gasteiger partial charge in [-0.25, -0.2) is 0 Å². The molecule has 3 rings (SSSR count). The molecule has 2 heterocycles. The van der Waals surface area contributed by atoms with Crippen molar-refractivity contribution in [3.8, 4) is 0 Å². The average molecular weight is 294 g/mol. The summed E-state index contributed by atoms with van der Waals surface area (Å²) in [5.74, 6) is 0.852. The standard InChI is InChI=1S/C13H12ClN3OS/c1-2-15-13(12-7-16-17-19-12)11-6-8-5-9(14)3-4-10(8)18-11/h3-7,13,15H,2H2,1H3. The Labute approximate surface area is 119 Å². The van der Waals surface area contributed by atoms with E-state index >= 15 is 0 Å². The smallest absolute Gasteiger partial charge is 0.134 e. The molecular formula is C13H12ClN3OS. The molecule has 0 saturated heterocycles. The maximum atomic E-state index is 5.99. The maximum absolute atomic E-state index is 5.99. The van der Waals surface area contributed by atoms with Crippen LogP contribution in [0.25, 0.3) is 11.0 Å². The fourth-order valence-electron chi connectivity index (χ4n) is 2.02. The van der Waals surface area contributed by atoms with E-state index in [0.717, 1.165) is 28.2 Å². The lowest BCUT2D eigenvalue weighted by atomic mass is 10.2. The molecule has 0 spiro atoms. The van der Waals surface area contributed by atoms with E-state index in [1.165, 1.54) is 11.5 Å². The summed E-state index contributed by atoms with van der Waals surface area (Å²) in [6.07, 6.45) is 1.76. The van der Waals surface area contributed by atoms with E-state index in [2.05, 4.69) is 21.8 Å². The first kappa shape index (κ1) is 12.6. The van der Waals surface area contributed by atoms with Crippen molar-refractivity contribution in [3.63, 3.8) is 0 Å². The van der Waals surface area contributed by atoms with Gasteiger partial charge in [-0.3, -0.25) is 0 Å². The first-order valence-corrected chi connectivity index (χ1v) is 7.12. The second-order valence-electron chi connectivity index (χ2n) is 4.14. The fourth-order valence-corrected chi connectivity index (χ4v) is 2.79. The monoisotopic (exact) mass is 293 g/mol. The normalized spacial score (nSPS) is 12.9. The minimum Gasteiger partial charge on any atom is -0.459 e. The van der Waals surface area contributed by atoms with Crippen LogP contribution in [-0.2, 0) is 0 Å². The van der Waals surface area contributed by atoms with Crippen molar-refractivity contribution in [1.82, 2.24) is 14.9 Å². The number of nitrogens with one attached hydrogen (secondary N) is 1. The Bertz CT molecular complexity index is 680. The van der Waals surface area contributed by atoms with Gasteiger partial charge < -0.3 is 9.73 Å². The van der Waals surface area contributed by atoms with Gasteiger partial charge in [0.1, 0.15) is 17.4 Å². The van der Waals surface area contributed by atoms with E-state index in [1.807, 2.05) is 24.3 Å². The number of rotatable bonds is 4. The van der Waals surface area contributed by atoms with Gasteiger partial charge in [0.05, 0.1) is 11.1 Å². The molecule has 19 heavy (non-hydrogen) atoms. The molecule has 98 valence electrons. The number of furan rings is 1. The van der Waals surface area contributed by atoms with Crippen molar-refractivity contribution in [2.45, 2.75) is 13.0 Å². The summed E-state index contributed by atoms with van der Waals surface area (Å²) in [5.41, 5.74) is 0.833. The van der Waals surface area contributed by atoms with E-state index in [9.17, 15) is 0 Å². The quantitative estimate of drug-likeness (QED) is 0.798. The van der Waals surface area contributed by atoms with Gasteiger partial charge in [-0.2, -0.15) is 0 Å². The number of hydrogen-bond donors (Lipinski definition) is 1. The molecule has 0 bridgehead atoms. The highest BCUT2D eigenvalue weighted by Gasteiger charge is 2.19. The van der Waals surface area contributed by atoms with Crippen molar-refractivity contribution in [2.24, 2.45) is 0 Å². The number of fused-ring (bicyclic) bond motifs is 1. The van der Waals surface area contributed by atoms with E-state index < -0.39 is 0 Å². The van der Waals surface area contributed by atoms with Gasteiger partial charge >= 0.3 is 0 Å². The molecule has 6 heteroatoms. The summed E-state index contributed by atoms with van der Waals surface area (Å²) >= 11 is 7.36. The zero-order chi connectivity index (χ0) is 13.2. The molecular weight excluding hydrogens is 282 g/mol. The van der Waals surface area contributed by atoms with Crippen LogP contribution >= 0.6 is 23.1 Å². The minimum absolute atomic E-state index is 0.0174. The SMILES string of the molecule is CCNC(c1cc2cc(Cl)ccc2o1)c1cnns1. The Morgan fingerprint density at radius 2 is 2.32 bits per heavy atom. The second-order valence-corrected chi connectivity index (χ2v) is 5.40. The van der Waals surface area contributed by atoms with Gasteiger partial charge in [-0.15, -0.1) is 5.10 Å². The molecule has 1 atom stereocenters. The Morgan fingerprint density at radius 1 is 1.42 bits per heavy atom. The Balaban J connectivity index is 2.05. The van der Waals surface area contributed by atoms with Gasteiger partial charge in [0, 0.05) is 10.4 Å². The van der Waals surface area contributed by atoms with Gasteiger partial charge in [-0.05, 0) is 42.3 Å². The molecule has 1 N–H and O–H groups in total. The highest BCUT2D eigenvalue weighted by molar-refractivity contribution is 7.05. The first-order chi connectivity index (χ1) is 9.28. The van der Waals surface area contributed by atoms with Crippen molar-refractivity contribution in [2.75, 3.05) is 6.54 Å². The average Bonchev–Trinajstić information content (AvgIpc) is 3.04. The summed E-state index contributed by atoms with van der Waals surface area (Å²) in [6, 6.07) is 7.60. The van der Waals surface area contributed by atoms with E-state index in [1.54, 1.807) is 6.20 Å². The van der Waals surface area contributed by atoms with Gasteiger partial charge in [0.2, 0.25) is 0 Å². The maximum Gasteiger partial charge on any atom is 0.134 e. The Hall–Kier alpha value is -1.43. The topological polar surface area (TPSA) is 51.0 Å². The van der Waals surface area contributed by atoms with Crippen LogP contribution in [0.3, 0.4) is 0 Å². The molecule has 0 saturated carbocycles. The molecule has 0 aliphatic rings. The summed E-state index contributed by atoms with van der Waals surface area (Å²) in [5, 5.41) is 8.98. The first-order valence-electron chi connectivity index (χ1n) is 5.97. The van der Waals surface area contributed by atoms with Crippen LogP contribution in [-0.4, -0.2) is 16.1 Å². The lowest BCUT2D eigenvalue weighted by Crippen LogP contribution is -2.20. The molecule has 0 amide bonds. The van der Waals surface area contributed by atoms with Crippen LogP contribution in [0.15, 0.2) is 34.9 Å². The highest BCUT2D eigenvalue weighted by Crippen LogP contribution is 2.30. The van der Waals surface area contributed by atoms with Gasteiger partial charge in [-0.1, -0.05) is 23.0 Å². The third kappa shape index (κ3) is 2.49. The predicted molar refractivity (Wildman–Crippen MR) is 76.7 cm³/mol. The zero-order valence-electron chi connectivity index (χ0n) is 10.3. The van der Waals surface area contributed by atoms with E-state index in [0.29, 0.717) is 5.02 Å².